The van der Waals surface area contributed by atoms with Gasteiger partial charge in [0.2, 0.25) is 11.8 Å². The number of carbonyl (C=O) groups is 2. The molecule has 1 N–H and O–H groups in total. The number of halogens is 1. The SMILES string of the molecule is CNC(=O)C(C)N(CCc1ccccc1)C(=O)CN(c1ccc(C)cc1)S(=O)(=O)c1ccc(OC)c(Br)c1. The molecule has 0 aliphatic carbocycles. The highest BCUT2D eigenvalue weighted by Gasteiger charge is 2.32. The molecule has 0 aliphatic rings. The standard InChI is InChI=1S/C28H32BrN3O5S/c1-20-10-12-23(13-11-20)32(38(35,36)24-14-15-26(37-4)25(29)18-24)19-27(33)31(21(2)28(34)30-3)17-16-22-8-6-5-7-9-22/h5-15,18,21H,16-17,19H2,1-4H3,(H,30,34). The monoisotopic (exact) mass is 601 g/mol. The molecule has 0 radical (unpaired) electrons. The first-order valence-electron chi connectivity index (χ1n) is 12.1. The topological polar surface area (TPSA) is 96.0 Å². The summed E-state index contributed by atoms with van der Waals surface area (Å²) in [6.07, 6.45) is 0.511. The van der Waals surface area contributed by atoms with Crippen LogP contribution >= 0.6 is 15.9 Å². The largest absolute Gasteiger partial charge is 0.496 e. The maximum Gasteiger partial charge on any atom is 0.264 e. The van der Waals surface area contributed by atoms with Gasteiger partial charge in [0.1, 0.15) is 18.3 Å². The summed E-state index contributed by atoms with van der Waals surface area (Å²) in [6.45, 7) is 3.29. The number of methoxy groups -OCH3 is 1. The second-order valence-corrected chi connectivity index (χ2v) is 11.5. The molecule has 3 aromatic rings. The predicted molar refractivity (Wildman–Crippen MR) is 152 cm³/mol. The Morgan fingerprint density at radius 3 is 2.26 bits per heavy atom. The van der Waals surface area contributed by atoms with E-state index in [-0.39, 0.29) is 17.3 Å². The fourth-order valence-corrected chi connectivity index (χ4v) is 6.09. The molecule has 0 spiro atoms. The fourth-order valence-electron chi connectivity index (χ4n) is 3.95. The van der Waals surface area contributed by atoms with Gasteiger partial charge in [-0.05, 0) is 72.1 Å². The van der Waals surface area contributed by atoms with Crippen molar-refractivity contribution in [1.82, 2.24) is 10.2 Å². The van der Waals surface area contributed by atoms with Crippen LogP contribution < -0.4 is 14.4 Å². The molecule has 0 fully saturated rings. The van der Waals surface area contributed by atoms with E-state index in [9.17, 15) is 18.0 Å². The Bertz CT molecular complexity index is 1360. The molecule has 38 heavy (non-hydrogen) atoms. The summed E-state index contributed by atoms with van der Waals surface area (Å²) < 4.78 is 34.5. The van der Waals surface area contributed by atoms with Crippen molar-refractivity contribution in [3.05, 3.63) is 88.4 Å². The van der Waals surface area contributed by atoms with Crippen molar-refractivity contribution in [2.75, 3.05) is 31.6 Å². The van der Waals surface area contributed by atoms with Gasteiger partial charge < -0.3 is 15.0 Å². The highest BCUT2D eigenvalue weighted by molar-refractivity contribution is 9.10. The van der Waals surface area contributed by atoms with E-state index in [4.69, 9.17) is 4.74 Å². The molecule has 0 bridgehead atoms. The van der Waals surface area contributed by atoms with Crippen LogP contribution in [0.25, 0.3) is 0 Å². The third kappa shape index (κ3) is 6.93. The van der Waals surface area contributed by atoms with Crippen LogP contribution in [0.15, 0.2) is 82.2 Å². The molecule has 202 valence electrons. The molecular formula is C28H32BrN3O5S. The quantitative estimate of drug-likeness (QED) is 0.356. The highest BCUT2D eigenvalue weighted by Crippen LogP contribution is 2.31. The number of hydrogen-bond acceptors (Lipinski definition) is 5. The van der Waals surface area contributed by atoms with Crippen molar-refractivity contribution >= 4 is 43.5 Å². The van der Waals surface area contributed by atoms with Gasteiger partial charge in [0.25, 0.3) is 10.0 Å². The van der Waals surface area contributed by atoms with E-state index in [0.29, 0.717) is 22.3 Å². The lowest BCUT2D eigenvalue weighted by molar-refractivity contribution is -0.138. The normalized spacial score (nSPS) is 11.9. The average Bonchev–Trinajstić information content (AvgIpc) is 2.92. The van der Waals surface area contributed by atoms with E-state index in [1.54, 1.807) is 37.3 Å². The molecule has 10 heteroatoms. The summed E-state index contributed by atoms with van der Waals surface area (Å²) >= 11 is 3.35. The number of nitrogens with zero attached hydrogens (tertiary/aromatic N) is 2. The number of ether oxygens (including phenoxy) is 1. The second kappa shape index (κ2) is 12.9. The Balaban J connectivity index is 1.99. The molecule has 0 aliphatic heterocycles. The summed E-state index contributed by atoms with van der Waals surface area (Å²) in [7, 11) is -1.17. The fraction of sp³-hybridized carbons (Fsp3) is 0.286. The summed E-state index contributed by atoms with van der Waals surface area (Å²) in [4.78, 5) is 27.7. The van der Waals surface area contributed by atoms with Crippen molar-refractivity contribution in [2.24, 2.45) is 0 Å². The van der Waals surface area contributed by atoms with Gasteiger partial charge in [0.15, 0.2) is 0 Å². The van der Waals surface area contributed by atoms with Crippen molar-refractivity contribution in [1.29, 1.82) is 0 Å². The van der Waals surface area contributed by atoms with Crippen molar-refractivity contribution in [3.63, 3.8) is 0 Å². The molecule has 1 atom stereocenters. The first-order valence-corrected chi connectivity index (χ1v) is 14.3. The van der Waals surface area contributed by atoms with Crippen LogP contribution in [-0.2, 0) is 26.0 Å². The van der Waals surface area contributed by atoms with Gasteiger partial charge in [-0.15, -0.1) is 0 Å². The smallest absolute Gasteiger partial charge is 0.264 e. The third-order valence-electron chi connectivity index (χ3n) is 6.21. The van der Waals surface area contributed by atoms with Crippen LogP contribution in [0.2, 0.25) is 0 Å². The number of carbonyl (C=O) groups excluding carboxylic acids is 2. The third-order valence-corrected chi connectivity index (χ3v) is 8.60. The van der Waals surface area contributed by atoms with E-state index < -0.39 is 28.5 Å². The molecule has 0 saturated heterocycles. The lowest BCUT2D eigenvalue weighted by Gasteiger charge is -2.31. The predicted octanol–water partition coefficient (Wildman–Crippen LogP) is 4.17. The summed E-state index contributed by atoms with van der Waals surface area (Å²) in [6, 6.07) is 20.1. The van der Waals surface area contributed by atoms with Gasteiger partial charge in [-0.25, -0.2) is 8.42 Å². The van der Waals surface area contributed by atoms with E-state index in [1.165, 1.54) is 31.2 Å². The Kier molecular flexibility index (Phi) is 9.93. The number of likely N-dealkylation sites (N-methyl/N-ethyl adjacent to an activating group) is 1. The molecule has 8 nitrogen and oxygen atoms in total. The Hall–Kier alpha value is -3.37. The van der Waals surface area contributed by atoms with E-state index in [0.717, 1.165) is 15.4 Å². The first-order chi connectivity index (χ1) is 18.1. The minimum absolute atomic E-state index is 0.00580. The molecule has 3 rings (SSSR count). The Morgan fingerprint density at radius 1 is 1.03 bits per heavy atom. The summed E-state index contributed by atoms with van der Waals surface area (Å²) in [5.41, 5.74) is 2.29. The molecule has 0 saturated carbocycles. The van der Waals surface area contributed by atoms with E-state index in [2.05, 4.69) is 21.2 Å². The van der Waals surface area contributed by atoms with Gasteiger partial charge in [0, 0.05) is 13.6 Å². The number of nitrogens with one attached hydrogen (secondary N) is 1. The van der Waals surface area contributed by atoms with Gasteiger partial charge in [0.05, 0.1) is 22.2 Å². The molecule has 0 aromatic heterocycles. The number of sulfonamides is 1. The zero-order valence-electron chi connectivity index (χ0n) is 21.8. The van der Waals surface area contributed by atoms with Crippen LogP contribution in [0.3, 0.4) is 0 Å². The van der Waals surface area contributed by atoms with Crippen LogP contribution in [0, 0.1) is 6.92 Å². The number of benzene rings is 3. The van der Waals surface area contributed by atoms with Crippen molar-refractivity contribution in [3.8, 4) is 5.75 Å². The highest BCUT2D eigenvalue weighted by atomic mass is 79.9. The molecular weight excluding hydrogens is 570 g/mol. The average molecular weight is 603 g/mol. The first kappa shape index (κ1) is 29.2. The lowest BCUT2D eigenvalue weighted by atomic mass is 10.1. The Morgan fingerprint density at radius 2 is 1.68 bits per heavy atom. The minimum atomic E-state index is -4.16. The van der Waals surface area contributed by atoms with Gasteiger partial charge in [-0.1, -0.05) is 48.0 Å². The molecule has 1 unspecified atom stereocenters. The maximum atomic E-state index is 13.9. The molecule has 0 heterocycles. The minimum Gasteiger partial charge on any atom is -0.496 e. The van der Waals surface area contributed by atoms with E-state index >= 15 is 0 Å². The summed E-state index contributed by atoms with van der Waals surface area (Å²) in [5.74, 6) is -0.350. The summed E-state index contributed by atoms with van der Waals surface area (Å²) in [5, 5.41) is 2.58. The van der Waals surface area contributed by atoms with Crippen LogP contribution in [0.1, 0.15) is 18.1 Å². The second-order valence-electron chi connectivity index (χ2n) is 8.76. The van der Waals surface area contributed by atoms with Gasteiger partial charge in [-0.3, -0.25) is 13.9 Å². The molecule has 2 amide bonds. The van der Waals surface area contributed by atoms with Crippen molar-refractivity contribution < 1.29 is 22.7 Å². The van der Waals surface area contributed by atoms with Crippen LogP contribution in [0.4, 0.5) is 5.69 Å². The Labute approximate surface area is 232 Å². The number of amides is 2. The van der Waals surface area contributed by atoms with E-state index in [1.807, 2.05) is 37.3 Å². The number of aryl methyl sites for hydroxylation is 1. The number of hydrogen-bond donors (Lipinski definition) is 1. The number of rotatable bonds is 11. The zero-order valence-corrected chi connectivity index (χ0v) is 24.3. The zero-order chi connectivity index (χ0) is 27.9. The van der Waals surface area contributed by atoms with Crippen molar-refractivity contribution in [2.45, 2.75) is 31.2 Å². The van der Waals surface area contributed by atoms with Crippen LogP contribution in [-0.4, -0.2) is 58.4 Å². The number of anilines is 1. The maximum absolute atomic E-state index is 13.9. The van der Waals surface area contributed by atoms with Gasteiger partial charge >= 0.3 is 0 Å². The van der Waals surface area contributed by atoms with Crippen LogP contribution in [0.5, 0.6) is 5.75 Å². The van der Waals surface area contributed by atoms with Gasteiger partial charge in [-0.2, -0.15) is 0 Å². The lowest BCUT2D eigenvalue weighted by Crippen LogP contribution is -2.51. The molecule has 3 aromatic carbocycles.